The lowest BCUT2D eigenvalue weighted by Gasteiger charge is -2.05. The van der Waals surface area contributed by atoms with Gasteiger partial charge in [-0.1, -0.05) is 6.07 Å². The maximum atomic E-state index is 13.0. The SMILES string of the molecule is Cc1cc(F)c(Br)c(CNO)c1. The van der Waals surface area contributed by atoms with Crippen LogP contribution >= 0.6 is 15.9 Å². The van der Waals surface area contributed by atoms with Crippen molar-refractivity contribution >= 4 is 15.9 Å². The molecule has 1 rings (SSSR count). The summed E-state index contributed by atoms with van der Waals surface area (Å²) in [5, 5.41) is 8.43. The van der Waals surface area contributed by atoms with Crippen LogP contribution in [-0.4, -0.2) is 5.21 Å². The molecule has 0 heterocycles. The van der Waals surface area contributed by atoms with Gasteiger partial charge in [0, 0.05) is 6.54 Å². The molecule has 4 heteroatoms. The van der Waals surface area contributed by atoms with Crippen molar-refractivity contribution in [3.05, 3.63) is 33.5 Å². The van der Waals surface area contributed by atoms with Gasteiger partial charge in [0.1, 0.15) is 5.82 Å². The van der Waals surface area contributed by atoms with Gasteiger partial charge < -0.3 is 5.21 Å². The van der Waals surface area contributed by atoms with E-state index in [1.807, 2.05) is 5.48 Å². The zero-order valence-corrected chi connectivity index (χ0v) is 8.15. The number of halogens is 2. The topological polar surface area (TPSA) is 32.3 Å². The number of benzene rings is 1. The Morgan fingerprint density at radius 3 is 2.83 bits per heavy atom. The van der Waals surface area contributed by atoms with E-state index in [4.69, 9.17) is 5.21 Å². The number of rotatable bonds is 2. The molecule has 0 bridgehead atoms. The van der Waals surface area contributed by atoms with Gasteiger partial charge in [-0.3, -0.25) is 0 Å². The average Bonchev–Trinajstić information content (AvgIpc) is 2.00. The predicted octanol–water partition coefficient (Wildman–Crippen LogP) is 2.38. The molecule has 0 unspecified atom stereocenters. The van der Waals surface area contributed by atoms with Crippen LogP contribution in [0.4, 0.5) is 4.39 Å². The number of hydrogen-bond donors (Lipinski definition) is 2. The van der Waals surface area contributed by atoms with Gasteiger partial charge in [0.25, 0.3) is 0 Å². The summed E-state index contributed by atoms with van der Waals surface area (Å²) < 4.78 is 13.4. The molecule has 66 valence electrons. The van der Waals surface area contributed by atoms with Crippen molar-refractivity contribution in [1.29, 1.82) is 0 Å². The highest BCUT2D eigenvalue weighted by Gasteiger charge is 2.05. The second-order valence-electron chi connectivity index (χ2n) is 2.55. The second-order valence-corrected chi connectivity index (χ2v) is 3.35. The van der Waals surface area contributed by atoms with E-state index in [1.165, 1.54) is 6.07 Å². The number of hydroxylamine groups is 1. The number of aryl methyl sites for hydroxylation is 1. The monoisotopic (exact) mass is 233 g/mol. The molecule has 2 nitrogen and oxygen atoms in total. The molecule has 0 saturated carbocycles. The zero-order valence-electron chi connectivity index (χ0n) is 6.56. The molecule has 0 aliphatic heterocycles. The number of nitrogens with one attached hydrogen (secondary N) is 1. The zero-order chi connectivity index (χ0) is 9.14. The fraction of sp³-hybridized carbons (Fsp3) is 0.250. The average molecular weight is 234 g/mol. The third-order valence-corrected chi connectivity index (χ3v) is 2.41. The Bertz CT molecular complexity index is 291. The van der Waals surface area contributed by atoms with E-state index >= 15 is 0 Å². The van der Waals surface area contributed by atoms with Crippen LogP contribution in [0.5, 0.6) is 0 Å². The molecule has 1 aromatic carbocycles. The lowest BCUT2D eigenvalue weighted by atomic mass is 10.1. The standard InChI is InChI=1S/C8H9BrFNO/c1-5-2-6(4-11-12)8(9)7(10)3-5/h2-3,11-12H,4H2,1H3. The van der Waals surface area contributed by atoms with Crippen molar-refractivity contribution in [1.82, 2.24) is 5.48 Å². The third-order valence-electron chi connectivity index (χ3n) is 1.52. The van der Waals surface area contributed by atoms with Crippen molar-refractivity contribution in [3.8, 4) is 0 Å². The molecule has 1 aromatic rings. The van der Waals surface area contributed by atoms with Gasteiger partial charge in [0.2, 0.25) is 0 Å². The summed E-state index contributed by atoms with van der Waals surface area (Å²) in [4.78, 5) is 0. The smallest absolute Gasteiger partial charge is 0.137 e. The van der Waals surface area contributed by atoms with Gasteiger partial charge in [-0.2, -0.15) is 0 Å². The van der Waals surface area contributed by atoms with Crippen LogP contribution in [0.3, 0.4) is 0 Å². The van der Waals surface area contributed by atoms with Crippen LogP contribution in [0.25, 0.3) is 0 Å². The molecule has 0 aliphatic carbocycles. The summed E-state index contributed by atoms with van der Waals surface area (Å²) in [7, 11) is 0. The summed E-state index contributed by atoms with van der Waals surface area (Å²) in [5.74, 6) is -0.305. The quantitative estimate of drug-likeness (QED) is 0.770. The van der Waals surface area contributed by atoms with Crippen LogP contribution < -0.4 is 5.48 Å². The first-order valence-corrected chi connectivity index (χ1v) is 4.26. The van der Waals surface area contributed by atoms with E-state index in [9.17, 15) is 4.39 Å². The number of hydrogen-bond acceptors (Lipinski definition) is 2. The normalized spacial score (nSPS) is 10.3. The highest BCUT2D eigenvalue weighted by Crippen LogP contribution is 2.22. The van der Waals surface area contributed by atoms with Gasteiger partial charge in [0.05, 0.1) is 4.47 Å². The summed E-state index contributed by atoms with van der Waals surface area (Å²) in [6.45, 7) is 2.04. The van der Waals surface area contributed by atoms with Crippen molar-refractivity contribution in [2.45, 2.75) is 13.5 Å². The molecule has 0 atom stereocenters. The van der Waals surface area contributed by atoms with Crippen molar-refractivity contribution < 1.29 is 9.60 Å². The van der Waals surface area contributed by atoms with Crippen LogP contribution in [0.15, 0.2) is 16.6 Å². The highest BCUT2D eigenvalue weighted by atomic mass is 79.9. The largest absolute Gasteiger partial charge is 0.316 e. The maximum absolute atomic E-state index is 13.0. The Hall–Kier alpha value is -0.450. The van der Waals surface area contributed by atoms with Gasteiger partial charge in [-0.15, -0.1) is 0 Å². The second kappa shape index (κ2) is 3.98. The molecule has 2 N–H and O–H groups in total. The minimum Gasteiger partial charge on any atom is -0.316 e. The maximum Gasteiger partial charge on any atom is 0.137 e. The molecular formula is C8H9BrFNO. The first kappa shape index (κ1) is 9.64. The van der Waals surface area contributed by atoms with E-state index in [0.717, 1.165) is 5.56 Å². The fourth-order valence-electron chi connectivity index (χ4n) is 1.01. The van der Waals surface area contributed by atoms with Crippen LogP contribution in [0.1, 0.15) is 11.1 Å². The van der Waals surface area contributed by atoms with E-state index in [0.29, 0.717) is 10.0 Å². The molecular weight excluding hydrogens is 225 g/mol. The van der Waals surface area contributed by atoms with E-state index in [1.54, 1.807) is 13.0 Å². The van der Waals surface area contributed by atoms with Gasteiger partial charge in [-0.05, 0) is 40.0 Å². The Labute approximate surface area is 78.5 Å². The van der Waals surface area contributed by atoms with Crippen LogP contribution in [0.2, 0.25) is 0 Å². The molecule has 0 aliphatic rings. The third kappa shape index (κ3) is 2.03. The van der Waals surface area contributed by atoms with Crippen LogP contribution in [-0.2, 0) is 6.54 Å². The minimum absolute atomic E-state index is 0.235. The molecule has 0 aromatic heterocycles. The summed E-state index contributed by atoms with van der Waals surface area (Å²) >= 11 is 3.09. The summed E-state index contributed by atoms with van der Waals surface area (Å²) in [6.07, 6.45) is 0. The van der Waals surface area contributed by atoms with Crippen LogP contribution in [0, 0.1) is 12.7 Å². The predicted molar refractivity (Wildman–Crippen MR) is 47.5 cm³/mol. The lowest BCUT2D eigenvalue weighted by molar-refractivity contribution is 0.161. The molecule has 0 amide bonds. The molecule has 12 heavy (non-hydrogen) atoms. The lowest BCUT2D eigenvalue weighted by Crippen LogP contribution is -2.07. The Morgan fingerprint density at radius 1 is 1.58 bits per heavy atom. The minimum atomic E-state index is -0.305. The van der Waals surface area contributed by atoms with Crippen molar-refractivity contribution in [2.75, 3.05) is 0 Å². The highest BCUT2D eigenvalue weighted by molar-refractivity contribution is 9.10. The van der Waals surface area contributed by atoms with Gasteiger partial charge in [-0.25, -0.2) is 9.87 Å². The molecule has 0 saturated heterocycles. The van der Waals surface area contributed by atoms with E-state index < -0.39 is 0 Å². The molecule has 0 spiro atoms. The van der Waals surface area contributed by atoms with E-state index in [2.05, 4.69) is 15.9 Å². The van der Waals surface area contributed by atoms with Crippen molar-refractivity contribution in [3.63, 3.8) is 0 Å². The summed E-state index contributed by atoms with van der Waals surface area (Å²) in [5.41, 5.74) is 3.52. The first-order valence-electron chi connectivity index (χ1n) is 3.46. The van der Waals surface area contributed by atoms with Crippen molar-refractivity contribution in [2.24, 2.45) is 0 Å². The summed E-state index contributed by atoms with van der Waals surface area (Å²) in [6, 6.07) is 3.24. The molecule has 0 radical (unpaired) electrons. The fourth-order valence-corrected chi connectivity index (χ4v) is 1.38. The Balaban J connectivity index is 3.09. The Kier molecular flexibility index (Phi) is 3.20. The first-order chi connectivity index (χ1) is 5.65. The van der Waals surface area contributed by atoms with E-state index in [-0.39, 0.29) is 12.4 Å². The van der Waals surface area contributed by atoms with Gasteiger partial charge >= 0.3 is 0 Å². The van der Waals surface area contributed by atoms with Gasteiger partial charge in [0.15, 0.2) is 0 Å². The molecule has 0 fully saturated rings. The Morgan fingerprint density at radius 2 is 2.25 bits per heavy atom.